The predicted octanol–water partition coefficient (Wildman–Crippen LogP) is 2.97. The van der Waals surface area contributed by atoms with Gasteiger partial charge in [-0.15, -0.1) is 0 Å². The van der Waals surface area contributed by atoms with E-state index in [0.29, 0.717) is 0 Å². The first-order valence-corrected chi connectivity index (χ1v) is 5.57. The Bertz CT molecular complexity index is 297. The lowest BCUT2D eigenvalue weighted by Crippen LogP contribution is -2.36. The molecule has 2 nitrogen and oxygen atoms in total. The Hall–Kier alpha value is -0.760. The van der Waals surface area contributed by atoms with Crippen LogP contribution in [0.15, 0.2) is 16.9 Å². The van der Waals surface area contributed by atoms with Crippen molar-refractivity contribution < 1.29 is 4.42 Å². The van der Waals surface area contributed by atoms with Crippen molar-refractivity contribution >= 4 is 0 Å². The van der Waals surface area contributed by atoms with Gasteiger partial charge in [0.2, 0.25) is 0 Å². The monoisotopic (exact) mass is 193 g/mol. The first-order valence-electron chi connectivity index (χ1n) is 5.57. The molecule has 2 rings (SSSR count). The Morgan fingerprint density at radius 2 is 2.36 bits per heavy atom. The van der Waals surface area contributed by atoms with Gasteiger partial charge in [0.25, 0.3) is 0 Å². The maximum atomic E-state index is 5.29. The second-order valence-electron chi connectivity index (χ2n) is 4.33. The highest BCUT2D eigenvalue weighted by molar-refractivity contribution is 5.29. The summed E-state index contributed by atoms with van der Waals surface area (Å²) in [5, 5.41) is 3.65. The van der Waals surface area contributed by atoms with Gasteiger partial charge in [0.05, 0.1) is 12.5 Å². The zero-order valence-corrected chi connectivity index (χ0v) is 9.10. The molecule has 0 saturated carbocycles. The van der Waals surface area contributed by atoms with Crippen LogP contribution in [0.3, 0.4) is 0 Å². The molecule has 2 heterocycles. The molecule has 1 aliphatic rings. The van der Waals surface area contributed by atoms with Crippen LogP contribution in [0.2, 0.25) is 0 Å². The lowest BCUT2D eigenvalue weighted by atomic mass is 9.84. The molecule has 0 spiro atoms. The number of hydrogen-bond donors (Lipinski definition) is 1. The van der Waals surface area contributed by atoms with E-state index < -0.39 is 0 Å². The third-order valence-electron chi connectivity index (χ3n) is 3.29. The van der Waals surface area contributed by atoms with E-state index in [-0.39, 0.29) is 5.54 Å². The Morgan fingerprint density at radius 1 is 1.50 bits per heavy atom. The second kappa shape index (κ2) is 3.77. The SMILES string of the molecule is CCCC1(c2cocc2C)CCCN1. The standard InChI is InChI=1S/C12H19NO/c1-3-5-12(6-4-7-13-12)11-9-14-8-10(11)2/h8-9,13H,3-7H2,1-2H3. The van der Waals surface area contributed by atoms with Crippen LogP contribution in [0.4, 0.5) is 0 Å². The molecule has 0 bridgehead atoms. The fraction of sp³-hybridized carbons (Fsp3) is 0.667. The van der Waals surface area contributed by atoms with E-state index in [1.54, 1.807) is 0 Å². The predicted molar refractivity (Wildman–Crippen MR) is 57.3 cm³/mol. The molecule has 0 aliphatic carbocycles. The molecule has 1 N–H and O–H groups in total. The molecule has 0 radical (unpaired) electrons. The first-order chi connectivity index (χ1) is 6.78. The zero-order chi connectivity index (χ0) is 10.0. The van der Waals surface area contributed by atoms with Crippen molar-refractivity contribution in [3.05, 3.63) is 23.7 Å². The molecule has 2 heteroatoms. The Kier molecular flexibility index (Phi) is 2.64. The molecule has 0 amide bonds. The summed E-state index contributed by atoms with van der Waals surface area (Å²) in [4.78, 5) is 0. The molecule has 1 unspecified atom stereocenters. The highest BCUT2D eigenvalue weighted by Gasteiger charge is 2.36. The number of nitrogens with one attached hydrogen (secondary N) is 1. The summed E-state index contributed by atoms with van der Waals surface area (Å²) in [6, 6.07) is 0. The van der Waals surface area contributed by atoms with Gasteiger partial charge in [-0.2, -0.15) is 0 Å². The molecule has 1 atom stereocenters. The summed E-state index contributed by atoms with van der Waals surface area (Å²) in [5.74, 6) is 0. The van der Waals surface area contributed by atoms with E-state index in [1.165, 1.54) is 36.8 Å². The minimum Gasteiger partial charge on any atom is -0.472 e. The van der Waals surface area contributed by atoms with Crippen molar-refractivity contribution in [2.24, 2.45) is 0 Å². The molecule has 1 aromatic heterocycles. The number of furan rings is 1. The second-order valence-corrected chi connectivity index (χ2v) is 4.33. The molecule has 14 heavy (non-hydrogen) atoms. The quantitative estimate of drug-likeness (QED) is 0.798. The van der Waals surface area contributed by atoms with Gasteiger partial charge in [-0.1, -0.05) is 13.3 Å². The summed E-state index contributed by atoms with van der Waals surface area (Å²) >= 11 is 0. The average molecular weight is 193 g/mol. The van der Waals surface area contributed by atoms with Gasteiger partial charge in [-0.05, 0) is 38.3 Å². The van der Waals surface area contributed by atoms with Crippen LogP contribution in [0.1, 0.15) is 43.7 Å². The lowest BCUT2D eigenvalue weighted by Gasteiger charge is -2.29. The minimum absolute atomic E-state index is 0.214. The summed E-state index contributed by atoms with van der Waals surface area (Å²) in [7, 11) is 0. The van der Waals surface area contributed by atoms with Crippen molar-refractivity contribution in [1.82, 2.24) is 5.32 Å². The van der Waals surface area contributed by atoms with Crippen LogP contribution in [0.25, 0.3) is 0 Å². The third kappa shape index (κ3) is 1.48. The maximum absolute atomic E-state index is 5.29. The summed E-state index contributed by atoms with van der Waals surface area (Å²) < 4.78 is 5.29. The lowest BCUT2D eigenvalue weighted by molar-refractivity contribution is 0.351. The molecule has 1 aliphatic heterocycles. The van der Waals surface area contributed by atoms with Crippen LogP contribution >= 0.6 is 0 Å². The van der Waals surface area contributed by atoms with E-state index in [2.05, 4.69) is 19.2 Å². The normalized spacial score (nSPS) is 27.0. The molecular weight excluding hydrogens is 174 g/mol. The molecule has 78 valence electrons. The van der Waals surface area contributed by atoms with Crippen molar-refractivity contribution in [1.29, 1.82) is 0 Å². The van der Waals surface area contributed by atoms with E-state index in [4.69, 9.17) is 4.42 Å². The van der Waals surface area contributed by atoms with E-state index >= 15 is 0 Å². The highest BCUT2D eigenvalue weighted by atomic mass is 16.3. The van der Waals surface area contributed by atoms with Crippen LogP contribution in [0.5, 0.6) is 0 Å². The Morgan fingerprint density at radius 3 is 2.86 bits per heavy atom. The molecule has 1 saturated heterocycles. The number of hydrogen-bond acceptors (Lipinski definition) is 2. The first kappa shape index (κ1) is 9.78. The summed E-state index contributed by atoms with van der Waals surface area (Å²) in [6.45, 7) is 5.53. The number of rotatable bonds is 3. The Labute approximate surface area is 85.7 Å². The van der Waals surface area contributed by atoms with Gasteiger partial charge in [-0.3, -0.25) is 0 Å². The van der Waals surface area contributed by atoms with Crippen LogP contribution < -0.4 is 5.32 Å². The topological polar surface area (TPSA) is 25.2 Å². The maximum Gasteiger partial charge on any atom is 0.0956 e. The Balaban J connectivity index is 2.31. The van der Waals surface area contributed by atoms with E-state index in [9.17, 15) is 0 Å². The van der Waals surface area contributed by atoms with Gasteiger partial charge in [0, 0.05) is 11.1 Å². The minimum atomic E-state index is 0.214. The molecule has 1 aromatic rings. The third-order valence-corrected chi connectivity index (χ3v) is 3.29. The van der Waals surface area contributed by atoms with Crippen molar-refractivity contribution in [2.45, 2.75) is 45.1 Å². The summed E-state index contributed by atoms with van der Waals surface area (Å²) in [6.07, 6.45) is 8.74. The van der Waals surface area contributed by atoms with Gasteiger partial charge in [0.1, 0.15) is 0 Å². The van der Waals surface area contributed by atoms with E-state index in [0.717, 1.165) is 6.54 Å². The van der Waals surface area contributed by atoms with Gasteiger partial charge >= 0.3 is 0 Å². The molecule has 0 aromatic carbocycles. The average Bonchev–Trinajstić information content (AvgIpc) is 2.75. The van der Waals surface area contributed by atoms with Crippen LogP contribution in [-0.2, 0) is 5.54 Å². The van der Waals surface area contributed by atoms with E-state index in [1.807, 2.05) is 12.5 Å². The van der Waals surface area contributed by atoms with Gasteiger partial charge in [-0.25, -0.2) is 0 Å². The van der Waals surface area contributed by atoms with Crippen LogP contribution in [-0.4, -0.2) is 6.54 Å². The largest absolute Gasteiger partial charge is 0.472 e. The summed E-state index contributed by atoms with van der Waals surface area (Å²) in [5.41, 5.74) is 2.87. The van der Waals surface area contributed by atoms with Crippen LogP contribution in [0, 0.1) is 6.92 Å². The van der Waals surface area contributed by atoms with Crippen molar-refractivity contribution in [3.8, 4) is 0 Å². The van der Waals surface area contributed by atoms with Crippen molar-refractivity contribution in [2.75, 3.05) is 6.54 Å². The smallest absolute Gasteiger partial charge is 0.0956 e. The fourth-order valence-electron chi connectivity index (χ4n) is 2.66. The van der Waals surface area contributed by atoms with Gasteiger partial charge < -0.3 is 9.73 Å². The molecule has 1 fully saturated rings. The zero-order valence-electron chi connectivity index (χ0n) is 9.10. The fourth-order valence-corrected chi connectivity index (χ4v) is 2.66. The van der Waals surface area contributed by atoms with Gasteiger partial charge in [0.15, 0.2) is 0 Å². The molecular formula is C12H19NO. The highest BCUT2D eigenvalue weighted by Crippen LogP contribution is 2.37. The van der Waals surface area contributed by atoms with Crippen molar-refractivity contribution in [3.63, 3.8) is 0 Å². The number of aryl methyl sites for hydroxylation is 1.